The first-order valence-electron chi connectivity index (χ1n) is 8.53. The van der Waals surface area contributed by atoms with Gasteiger partial charge in [-0.15, -0.1) is 0 Å². The molecule has 0 aromatic carbocycles. The van der Waals surface area contributed by atoms with Crippen LogP contribution in [0, 0.1) is 5.92 Å². The first-order chi connectivity index (χ1) is 11.2. The molecular formula is C17H26N4O2. The maximum atomic E-state index is 12.2. The number of morpholine rings is 1. The smallest absolute Gasteiger partial charge is 0.220 e. The maximum Gasteiger partial charge on any atom is 0.220 e. The van der Waals surface area contributed by atoms with Crippen LogP contribution in [0.5, 0.6) is 0 Å². The molecule has 0 bridgehead atoms. The van der Waals surface area contributed by atoms with Crippen LogP contribution < -0.4 is 16.0 Å². The van der Waals surface area contributed by atoms with Crippen LogP contribution in [-0.4, -0.2) is 43.2 Å². The van der Waals surface area contributed by atoms with E-state index in [0.29, 0.717) is 18.9 Å². The summed E-state index contributed by atoms with van der Waals surface area (Å²) in [5.74, 6) is 1.38. The van der Waals surface area contributed by atoms with Crippen LogP contribution in [0.2, 0.25) is 0 Å². The van der Waals surface area contributed by atoms with E-state index in [0.717, 1.165) is 56.9 Å². The van der Waals surface area contributed by atoms with Crippen molar-refractivity contribution < 1.29 is 9.53 Å². The van der Waals surface area contributed by atoms with E-state index in [4.69, 9.17) is 10.5 Å². The molecule has 3 rings (SSSR count). The van der Waals surface area contributed by atoms with Gasteiger partial charge in [0, 0.05) is 43.9 Å². The van der Waals surface area contributed by atoms with Crippen LogP contribution in [0.3, 0.4) is 0 Å². The zero-order valence-corrected chi connectivity index (χ0v) is 13.5. The molecule has 126 valence electrons. The van der Waals surface area contributed by atoms with Crippen molar-refractivity contribution >= 4 is 11.7 Å². The second-order valence-electron chi connectivity index (χ2n) is 6.42. The summed E-state index contributed by atoms with van der Waals surface area (Å²) in [4.78, 5) is 18.9. The second kappa shape index (κ2) is 7.75. The van der Waals surface area contributed by atoms with E-state index in [2.05, 4.69) is 15.2 Å². The summed E-state index contributed by atoms with van der Waals surface area (Å²) in [6.45, 7) is 3.65. The molecule has 2 atom stereocenters. The largest absolute Gasteiger partial charge is 0.378 e. The third-order valence-electron chi connectivity index (χ3n) is 4.82. The third kappa shape index (κ3) is 4.20. The van der Waals surface area contributed by atoms with Gasteiger partial charge in [-0.1, -0.05) is 12.5 Å². The lowest BCUT2D eigenvalue weighted by Crippen LogP contribution is -2.38. The minimum absolute atomic E-state index is 0.0872. The highest BCUT2D eigenvalue weighted by molar-refractivity contribution is 5.76. The number of nitrogens with two attached hydrogens (primary N) is 1. The van der Waals surface area contributed by atoms with Crippen molar-refractivity contribution in [2.75, 3.05) is 31.2 Å². The van der Waals surface area contributed by atoms with Crippen molar-refractivity contribution in [2.24, 2.45) is 11.7 Å². The Bertz CT molecular complexity index is 531. The summed E-state index contributed by atoms with van der Waals surface area (Å²) < 4.78 is 5.39. The molecule has 2 fully saturated rings. The predicted molar refractivity (Wildman–Crippen MR) is 89.0 cm³/mol. The highest BCUT2D eigenvalue weighted by atomic mass is 16.5. The van der Waals surface area contributed by atoms with Gasteiger partial charge in [-0.3, -0.25) is 4.79 Å². The van der Waals surface area contributed by atoms with Gasteiger partial charge in [0.15, 0.2) is 0 Å². The number of amides is 1. The van der Waals surface area contributed by atoms with Crippen LogP contribution in [0.4, 0.5) is 5.82 Å². The molecule has 6 nitrogen and oxygen atoms in total. The fourth-order valence-corrected chi connectivity index (χ4v) is 3.45. The Hall–Kier alpha value is -1.66. The first kappa shape index (κ1) is 16.2. The van der Waals surface area contributed by atoms with E-state index in [1.807, 2.05) is 12.1 Å². The fourth-order valence-electron chi connectivity index (χ4n) is 3.45. The van der Waals surface area contributed by atoms with E-state index in [-0.39, 0.29) is 11.9 Å². The van der Waals surface area contributed by atoms with Crippen LogP contribution in [0.25, 0.3) is 0 Å². The van der Waals surface area contributed by atoms with E-state index in [1.54, 1.807) is 6.20 Å². The van der Waals surface area contributed by atoms with Gasteiger partial charge in [0.2, 0.25) is 5.91 Å². The number of carbonyl (C=O) groups excluding carboxylic acids is 1. The molecule has 0 radical (unpaired) electrons. The number of hydrogen-bond acceptors (Lipinski definition) is 5. The zero-order chi connectivity index (χ0) is 16.1. The number of nitrogens with zero attached hydrogens (tertiary/aromatic N) is 2. The number of ether oxygens (including phenoxy) is 1. The van der Waals surface area contributed by atoms with Gasteiger partial charge in [-0.05, 0) is 24.8 Å². The van der Waals surface area contributed by atoms with Gasteiger partial charge in [0.1, 0.15) is 5.82 Å². The summed E-state index contributed by atoms with van der Waals surface area (Å²) in [5, 5.41) is 3.03. The molecule has 1 saturated carbocycles. The number of rotatable bonds is 5. The van der Waals surface area contributed by atoms with Crippen LogP contribution in [-0.2, 0) is 16.1 Å². The number of anilines is 1. The van der Waals surface area contributed by atoms with Crippen LogP contribution >= 0.6 is 0 Å². The number of nitrogens with one attached hydrogen (secondary N) is 1. The van der Waals surface area contributed by atoms with E-state index < -0.39 is 0 Å². The monoisotopic (exact) mass is 318 g/mol. The Morgan fingerprint density at radius 3 is 2.96 bits per heavy atom. The minimum atomic E-state index is 0.0872. The van der Waals surface area contributed by atoms with E-state index in [9.17, 15) is 4.79 Å². The number of carbonyl (C=O) groups is 1. The highest BCUT2D eigenvalue weighted by Gasteiger charge is 2.26. The van der Waals surface area contributed by atoms with E-state index >= 15 is 0 Å². The lowest BCUT2D eigenvalue weighted by Gasteiger charge is -2.29. The predicted octanol–water partition coefficient (Wildman–Crippen LogP) is 1.05. The second-order valence-corrected chi connectivity index (χ2v) is 6.42. The molecule has 1 aromatic heterocycles. The average molecular weight is 318 g/mol. The molecule has 1 aliphatic carbocycles. The molecule has 0 unspecified atom stereocenters. The summed E-state index contributed by atoms with van der Waals surface area (Å²) in [5.41, 5.74) is 7.10. The molecule has 0 spiro atoms. The van der Waals surface area contributed by atoms with Gasteiger partial charge in [-0.25, -0.2) is 4.98 Å². The fraction of sp³-hybridized carbons (Fsp3) is 0.647. The molecule has 2 heterocycles. The Balaban J connectivity index is 1.56. The van der Waals surface area contributed by atoms with Crippen LogP contribution in [0.15, 0.2) is 18.3 Å². The number of pyridine rings is 1. The quantitative estimate of drug-likeness (QED) is 0.848. The van der Waals surface area contributed by atoms with Crippen LogP contribution in [0.1, 0.15) is 31.2 Å². The molecule has 1 aliphatic heterocycles. The molecule has 3 N–H and O–H groups in total. The van der Waals surface area contributed by atoms with Gasteiger partial charge in [-0.2, -0.15) is 0 Å². The van der Waals surface area contributed by atoms with Gasteiger partial charge in [0.05, 0.1) is 13.2 Å². The van der Waals surface area contributed by atoms with Gasteiger partial charge >= 0.3 is 0 Å². The summed E-state index contributed by atoms with van der Waals surface area (Å²) in [6.07, 6.45) is 5.59. The topological polar surface area (TPSA) is 80.5 Å². The molecule has 1 aromatic rings. The van der Waals surface area contributed by atoms with Crippen molar-refractivity contribution in [3.63, 3.8) is 0 Å². The summed E-state index contributed by atoms with van der Waals surface area (Å²) in [6, 6.07) is 4.13. The van der Waals surface area contributed by atoms with E-state index in [1.165, 1.54) is 0 Å². The van der Waals surface area contributed by atoms with Crippen molar-refractivity contribution in [3.05, 3.63) is 23.9 Å². The first-order valence-corrected chi connectivity index (χ1v) is 8.53. The van der Waals surface area contributed by atoms with Crippen molar-refractivity contribution in [2.45, 2.75) is 38.3 Å². The SMILES string of the molecule is N[C@@H]1CCC[C@H]1CC(=O)NCc1cccnc1N1CCOCC1. The standard InChI is InChI=1S/C17H26N4O2/c18-15-5-1-3-13(15)11-16(22)20-12-14-4-2-6-19-17(14)21-7-9-23-10-8-21/h2,4,6,13,15H,1,3,5,7-12,18H2,(H,20,22)/t13-,15+/m0/s1. The molecular weight excluding hydrogens is 292 g/mol. The van der Waals surface area contributed by atoms with Gasteiger partial charge in [0.25, 0.3) is 0 Å². The lowest BCUT2D eigenvalue weighted by atomic mass is 10.00. The Morgan fingerprint density at radius 2 is 2.22 bits per heavy atom. The highest BCUT2D eigenvalue weighted by Crippen LogP contribution is 2.26. The molecule has 1 saturated heterocycles. The molecule has 23 heavy (non-hydrogen) atoms. The normalized spacial score (nSPS) is 24.7. The number of aromatic nitrogens is 1. The molecule has 6 heteroatoms. The summed E-state index contributed by atoms with van der Waals surface area (Å²) in [7, 11) is 0. The van der Waals surface area contributed by atoms with Gasteiger partial charge < -0.3 is 20.7 Å². The number of hydrogen-bond donors (Lipinski definition) is 2. The Kier molecular flexibility index (Phi) is 5.46. The molecule has 1 amide bonds. The van der Waals surface area contributed by atoms with Crippen molar-refractivity contribution in [1.29, 1.82) is 0 Å². The minimum Gasteiger partial charge on any atom is -0.378 e. The maximum absolute atomic E-state index is 12.2. The van der Waals surface area contributed by atoms with Crippen molar-refractivity contribution in [1.82, 2.24) is 10.3 Å². The Morgan fingerprint density at radius 1 is 1.39 bits per heavy atom. The lowest BCUT2D eigenvalue weighted by molar-refractivity contribution is -0.122. The third-order valence-corrected chi connectivity index (χ3v) is 4.82. The zero-order valence-electron chi connectivity index (χ0n) is 13.5. The summed E-state index contributed by atoms with van der Waals surface area (Å²) >= 11 is 0. The molecule has 2 aliphatic rings. The van der Waals surface area contributed by atoms with Crippen molar-refractivity contribution in [3.8, 4) is 0 Å². The Labute approximate surface area is 137 Å². The average Bonchev–Trinajstić information content (AvgIpc) is 2.99.